The first kappa shape index (κ1) is 21.9. The molecule has 0 bridgehead atoms. The Morgan fingerprint density at radius 2 is 2.09 bits per heavy atom. The van der Waals surface area contributed by atoms with Crippen molar-refractivity contribution in [1.29, 1.82) is 0 Å². The Hall–Kier alpha value is -3.30. The number of nitrogens with zero attached hydrogens (tertiary/aromatic N) is 3. The molecule has 2 N–H and O–H groups in total. The maximum Gasteiger partial charge on any atom is 0.251 e. The van der Waals surface area contributed by atoms with Crippen molar-refractivity contribution >= 4 is 5.95 Å². The number of rotatable bonds is 7. The number of pyridine rings is 1. The van der Waals surface area contributed by atoms with Crippen LogP contribution in [0, 0.1) is 5.82 Å². The van der Waals surface area contributed by atoms with Gasteiger partial charge in [-0.1, -0.05) is 0 Å². The van der Waals surface area contributed by atoms with Gasteiger partial charge in [-0.25, -0.2) is 14.4 Å². The van der Waals surface area contributed by atoms with Gasteiger partial charge in [-0.3, -0.25) is 4.79 Å². The first-order chi connectivity index (χ1) is 15.6. The van der Waals surface area contributed by atoms with Crippen LogP contribution in [-0.4, -0.2) is 52.6 Å². The maximum atomic E-state index is 13.9. The van der Waals surface area contributed by atoms with Crippen molar-refractivity contribution in [1.82, 2.24) is 14.5 Å². The van der Waals surface area contributed by atoms with Crippen LogP contribution in [0.1, 0.15) is 24.4 Å². The van der Waals surface area contributed by atoms with E-state index < -0.39 is 11.9 Å². The van der Waals surface area contributed by atoms with E-state index >= 15 is 0 Å². The third-order valence-corrected chi connectivity index (χ3v) is 5.48. The lowest BCUT2D eigenvalue weighted by molar-refractivity contribution is 0.0903. The second-order valence-electron chi connectivity index (χ2n) is 7.58. The Morgan fingerprint density at radius 3 is 2.81 bits per heavy atom. The summed E-state index contributed by atoms with van der Waals surface area (Å²) in [6.07, 6.45) is 4.99. The zero-order chi connectivity index (χ0) is 22.5. The number of aliphatic hydroxyl groups excluding tert-OH is 1. The number of methoxy groups -OCH3 is 1. The van der Waals surface area contributed by atoms with Crippen LogP contribution in [0.15, 0.2) is 53.6 Å². The van der Waals surface area contributed by atoms with E-state index in [4.69, 9.17) is 9.47 Å². The van der Waals surface area contributed by atoms with Crippen LogP contribution in [0.5, 0.6) is 5.75 Å². The lowest BCUT2D eigenvalue weighted by Gasteiger charge is -2.23. The monoisotopic (exact) mass is 440 g/mol. The molecule has 4 rings (SSSR count). The minimum Gasteiger partial charge on any atom is -0.497 e. The second kappa shape index (κ2) is 9.88. The van der Waals surface area contributed by atoms with Crippen LogP contribution in [-0.2, 0) is 4.74 Å². The topological polar surface area (TPSA) is 98.5 Å². The molecule has 9 heteroatoms. The summed E-state index contributed by atoms with van der Waals surface area (Å²) in [4.78, 5) is 21.7. The summed E-state index contributed by atoms with van der Waals surface area (Å²) >= 11 is 0. The molecule has 3 aromatic rings. The molecule has 1 aromatic carbocycles. The molecule has 1 fully saturated rings. The van der Waals surface area contributed by atoms with Gasteiger partial charge in [0, 0.05) is 49.3 Å². The molecule has 1 aliphatic rings. The maximum absolute atomic E-state index is 13.9. The molecule has 2 aromatic heterocycles. The summed E-state index contributed by atoms with van der Waals surface area (Å²) in [5.74, 6) is 0.306. The summed E-state index contributed by atoms with van der Waals surface area (Å²) in [6.45, 7) is 1.04. The van der Waals surface area contributed by atoms with Crippen LogP contribution in [0.25, 0.3) is 11.3 Å². The lowest BCUT2D eigenvalue weighted by Crippen LogP contribution is -2.28. The van der Waals surface area contributed by atoms with Crippen molar-refractivity contribution in [3.8, 4) is 17.0 Å². The fourth-order valence-electron chi connectivity index (χ4n) is 3.77. The minimum atomic E-state index is -0.753. The van der Waals surface area contributed by atoms with Crippen molar-refractivity contribution in [2.45, 2.75) is 24.9 Å². The summed E-state index contributed by atoms with van der Waals surface area (Å²) in [5.41, 5.74) is 1.32. The Bertz CT molecular complexity index is 1130. The fraction of sp³-hybridized carbons (Fsp3) is 0.348. The molecule has 1 aliphatic heterocycles. The number of hydrogen-bond donors (Lipinski definition) is 2. The highest BCUT2D eigenvalue weighted by atomic mass is 19.1. The summed E-state index contributed by atoms with van der Waals surface area (Å²) in [5, 5.41) is 13.2. The Balaban J connectivity index is 1.60. The molecule has 0 amide bonds. The zero-order valence-corrected chi connectivity index (χ0v) is 17.7. The predicted molar refractivity (Wildman–Crippen MR) is 117 cm³/mol. The van der Waals surface area contributed by atoms with Gasteiger partial charge in [0.05, 0.1) is 25.5 Å². The van der Waals surface area contributed by atoms with Crippen LogP contribution in [0.4, 0.5) is 10.3 Å². The third-order valence-electron chi connectivity index (χ3n) is 5.48. The van der Waals surface area contributed by atoms with E-state index in [1.165, 1.54) is 29.9 Å². The highest BCUT2D eigenvalue weighted by Gasteiger charge is 2.18. The van der Waals surface area contributed by atoms with E-state index in [0.29, 0.717) is 41.7 Å². The Kier molecular flexibility index (Phi) is 6.77. The fourth-order valence-corrected chi connectivity index (χ4v) is 3.77. The average Bonchev–Trinajstić information content (AvgIpc) is 2.81. The van der Waals surface area contributed by atoms with Crippen molar-refractivity contribution in [2.75, 3.05) is 32.2 Å². The van der Waals surface area contributed by atoms with E-state index in [9.17, 15) is 14.3 Å². The number of anilines is 1. The second-order valence-corrected chi connectivity index (χ2v) is 7.58. The first-order valence-corrected chi connectivity index (χ1v) is 10.4. The first-order valence-electron chi connectivity index (χ1n) is 10.4. The number of nitrogens with one attached hydrogen (secondary N) is 1. The molecule has 0 aliphatic carbocycles. The number of benzene rings is 1. The minimum absolute atomic E-state index is 0.251. The van der Waals surface area contributed by atoms with Gasteiger partial charge in [-0.15, -0.1) is 0 Å². The average molecular weight is 440 g/mol. The molecule has 8 nitrogen and oxygen atoms in total. The van der Waals surface area contributed by atoms with Crippen molar-refractivity contribution in [3.63, 3.8) is 0 Å². The van der Waals surface area contributed by atoms with Gasteiger partial charge in [-0.2, -0.15) is 0 Å². The van der Waals surface area contributed by atoms with E-state index in [-0.39, 0.29) is 18.2 Å². The Labute approximate surface area is 184 Å². The van der Waals surface area contributed by atoms with Gasteiger partial charge in [0.25, 0.3) is 5.56 Å². The summed E-state index contributed by atoms with van der Waals surface area (Å²) in [6, 6.07) is 8.53. The molecular weight excluding hydrogens is 415 g/mol. The molecule has 32 heavy (non-hydrogen) atoms. The van der Waals surface area contributed by atoms with E-state index in [2.05, 4.69) is 15.3 Å². The van der Waals surface area contributed by atoms with E-state index in [1.807, 2.05) is 0 Å². The highest BCUT2D eigenvalue weighted by molar-refractivity contribution is 5.59. The van der Waals surface area contributed by atoms with Gasteiger partial charge in [-0.05, 0) is 42.7 Å². The van der Waals surface area contributed by atoms with Crippen LogP contribution >= 0.6 is 0 Å². The molecule has 1 atom stereocenters. The Morgan fingerprint density at radius 1 is 1.28 bits per heavy atom. The largest absolute Gasteiger partial charge is 0.497 e. The van der Waals surface area contributed by atoms with E-state index in [0.717, 1.165) is 12.8 Å². The molecular formula is C23H25FN4O4. The summed E-state index contributed by atoms with van der Waals surface area (Å²) in [7, 11) is 1.43. The molecule has 1 saturated heterocycles. The van der Waals surface area contributed by atoms with Crippen LogP contribution in [0.3, 0.4) is 0 Å². The standard InChI is InChI=1S/C23H25FN4O4/c1-31-19-11-16(10-17(24)13-19)21(14-29)28-7-3-15(12-22(28)30)20-2-6-25-23(27-20)26-18-4-8-32-9-5-18/h2-3,6-7,10-13,18,21,29H,4-5,8-9,14H2,1H3,(H,25,26,27). The molecule has 168 valence electrons. The number of aromatic nitrogens is 3. The van der Waals surface area contributed by atoms with Gasteiger partial charge >= 0.3 is 0 Å². The lowest BCUT2D eigenvalue weighted by atomic mass is 10.1. The smallest absolute Gasteiger partial charge is 0.251 e. The predicted octanol–water partition coefficient (Wildman–Crippen LogP) is 2.63. The van der Waals surface area contributed by atoms with E-state index in [1.54, 1.807) is 30.6 Å². The number of aliphatic hydroxyl groups is 1. The van der Waals surface area contributed by atoms with Gasteiger partial charge < -0.3 is 24.5 Å². The molecule has 3 heterocycles. The molecule has 0 saturated carbocycles. The number of ether oxygens (including phenoxy) is 2. The van der Waals surface area contributed by atoms with Gasteiger partial charge in [0.1, 0.15) is 11.6 Å². The van der Waals surface area contributed by atoms with Crippen LogP contribution < -0.4 is 15.6 Å². The third kappa shape index (κ3) is 4.95. The van der Waals surface area contributed by atoms with Crippen molar-refractivity contribution in [2.24, 2.45) is 0 Å². The van der Waals surface area contributed by atoms with Crippen molar-refractivity contribution in [3.05, 3.63) is 70.5 Å². The normalized spacial score (nSPS) is 15.3. The van der Waals surface area contributed by atoms with Gasteiger partial charge in [0.15, 0.2) is 0 Å². The van der Waals surface area contributed by atoms with Gasteiger partial charge in [0.2, 0.25) is 5.95 Å². The molecule has 0 radical (unpaired) electrons. The van der Waals surface area contributed by atoms with Crippen molar-refractivity contribution < 1.29 is 19.0 Å². The van der Waals surface area contributed by atoms with Crippen LogP contribution in [0.2, 0.25) is 0 Å². The molecule has 0 spiro atoms. The SMILES string of the molecule is COc1cc(F)cc(C(CO)n2ccc(-c3ccnc(NC4CCOCC4)n3)cc2=O)c1. The number of halogens is 1. The highest BCUT2D eigenvalue weighted by Crippen LogP contribution is 2.24. The molecule has 1 unspecified atom stereocenters. The number of hydrogen-bond acceptors (Lipinski definition) is 7. The summed E-state index contributed by atoms with van der Waals surface area (Å²) < 4.78 is 25.8. The quantitative estimate of drug-likeness (QED) is 0.583. The zero-order valence-electron chi connectivity index (χ0n) is 17.7.